The van der Waals surface area contributed by atoms with Crippen LogP contribution in [0, 0.1) is 6.92 Å². The summed E-state index contributed by atoms with van der Waals surface area (Å²) in [6.45, 7) is 7.24. The van der Waals surface area contributed by atoms with E-state index in [4.69, 9.17) is 0 Å². The molecule has 1 aromatic rings. The van der Waals surface area contributed by atoms with E-state index < -0.39 is 0 Å². The Hall–Kier alpha value is -1.35. The van der Waals surface area contributed by atoms with Crippen molar-refractivity contribution in [2.24, 2.45) is 0 Å². The zero-order chi connectivity index (χ0) is 14.4. The number of nitrogens with one attached hydrogen (secondary N) is 1. The van der Waals surface area contributed by atoms with E-state index in [1.165, 1.54) is 11.1 Å². The highest BCUT2D eigenvalue weighted by Gasteiger charge is 2.08. The number of hydrogen-bond acceptors (Lipinski definition) is 2. The van der Waals surface area contributed by atoms with Crippen molar-refractivity contribution < 1.29 is 4.79 Å². The molecule has 1 unspecified atom stereocenters. The predicted octanol–water partition coefficient (Wildman–Crippen LogP) is 3.40. The average molecular weight is 262 g/mol. The van der Waals surface area contributed by atoms with E-state index in [1.807, 2.05) is 25.1 Å². The first-order valence-corrected chi connectivity index (χ1v) is 6.98. The van der Waals surface area contributed by atoms with Gasteiger partial charge in [-0.25, -0.2) is 0 Å². The van der Waals surface area contributed by atoms with Gasteiger partial charge >= 0.3 is 0 Å². The molecule has 0 bridgehead atoms. The van der Waals surface area contributed by atoms with E-state index in [0.29, 0.717) is 12.3 Å². The Kier molecular flexibility index (Phi) is 6.03. The zero-order valence-electron chi connectivity index (χ0n) is 12.8. The standard InChI is InChI=1S/C16H26N2O/c1-6-13(3)14-9-12(2)10-15(11-14)17-16(19)7-8-18(4)5/h9-11,13H,6-8H2,1-5H3,(H,17,19). The highest BCUT2D eigenvalue weighted by Crippen LogP contribution is 2.23. The maximum absolute atomic E-state index is 11.8. The molecule has 0 heterocycles. The van der Waals surface area contributed by atoms with Crippen LogP contribution in [-0.2, 0) is 4.79 Å². The van der Waals surface area contributed by atoms with Crippen molar-refractivity contribution in [3.8, 4) is 0 Å². The summed E-state index contributed by atoms with van der Waals surface area (Å²) in [5, 5.41) is 2.99. The summed E-state index contributed by atoms with van der Waals surface area (Å²) in [5.41, 5.74) is 3.41. The molecule has 0 aliphatic rings. The van der Waals surface area contributed by atoms with E-state index >= 15 is 0 Å². The molecule has 19 heavy (non-hydrogen) atoms. The van der Waals surface area contributed by atoms with Gasteiger partial charge < -0.3 is 10.2 Å². The van der Waals surface area contributed by atoms with Gasteiger partial charge in [0, 0.05) is 18.7 Å². The lowest BCUT2D eigenvalue weighted by molar-refractivity contribution is -0.116. The third-order valence-corrected chi connectivity index (χ3v) is 3.35. The molecule has 1 amide bonds. The number of amides is 1. The fourth-order valence-electron chi connectivity index (χ4n) is 1.95. The van der Waals surface area contributed by atoms with Gasteiger partial charge in [-0.05, 0) is 56.6 Å². The lowest BCUT2D eigenvalue weighted by atomic mass is 9.96. The first-order chi connectivity index (χ1) is 8.92. The SMILES string of the molecule is CCC(C)c1cc(C)cc(NC(=O)CCN(C)C)c1. The number of rotatable bonds is 6. The normalized spacial score (nSPS) is 12.5. The number of hydrogen-bond donors (Lipinski definition) is 1. The third-order valence-electron chi connectivity index (χ3n) is 3.35. The Morgan fingerprint density at radius 1 is 1.32 bits per heavy atom. The lowest BCUT2D eigenvalue weighted by Crippen LogP contribution is -2.20. The molecule has 106 valence electrons. The van der Waals surface area contributed by atoms with E-state index in [0.717, 1.165) is 18.7 Å². The van der Waals surface area contributed by atoms with Gasteiger partial charge in [0.15, 0.2) is 0 Å². The van der Waals surface area contributed by atoms with Crippen molar-refractivity contribution in [3.05, 3.63) is 29.3 Å². The van der Waals surface area contributed by atoms with Gasteiger partial charge in [-0.3, -0.25) is 4.79 Å². The van der Waals surface area contributed by atoms with Crippen molar-refractivity contribution in [1.82, 2.24) is 4.90 Å². The molecule has 0 fully saturated rings. The predicted molar refractivity (Wildman–Crippen MR) is 81.7 cm³/mol. The van der Waals surface area contributed by atoms with Gasteiger partial charge in [-0.2, -0.15) is 0 Å². The molecule has 1 N–H and O–H groups in total. The quantitative estimate of drug-likeness (QED) is 0.852. The monoisotopic (exact) mass is 262 g/mol. The second-order valence-corrected chi connectivity index (χ2v) is 5.54. The van der Waals surface area contributed by atoms with Crippen LogP contribution < -0.4 is 5.32 Å². The molecule has 0 aliphatic carbocycles. The van der Waals surface area contributed by atoms with Crippen molar-refractivity contribution in [2.75, 3.05) is 26.0 Å². The molecule has 1 rings (SSSR count). The molecular formula is C16H26N2O. The Morgan fingerprint density at radius 3 is 2.58 bits per heavy atom. The number of nitrogens with zero attached hydrogens (tertiary/aromatic N) is 1. The van der Waals surface area contributed by atoms with E-state index in [2.05, 4.69) is 38.2 Å². The smallest absolute Gasteiger partial charge is 0.225 e. The number of carbonyl (C=O) groups is 1. The van der Waals surface area contributed by atoms with Gasteiger partial charge in [0.25, 0.3) is 0 Å². The molecular weight excluding hydrogens is 236 g/mol. The van der Waals surface area contributed by atoms with Gasteiger partial charge in [-0.1, -0.05) is 19.9 Å². The zero-order valence-corrected chi connectivity index (χ0v) is 12.8. The van der Waals surface area contributed by atoms with Crippen LogP contribution in [0.4, 0.5) is 5.69 Å². The van der Waals surface area contributed by atoms with Gasteiger partial charge in [0.2, 0.25) is 5.91 Å². The van der Waals surface area contributed by atoms with Crippen LogP contribution in [0.1, 0.15) is 43.7 Å². The Balaban J connectivity index is 2.72. The van der Waals surface area contributed by atoms with Crippen LogP contribution in [0.25, 0.3) is 0 Å². The van der Waals surface area contributed by atoms with Crippen LogP contribution in [-0.4, -0.2) is 31.4 Å². The molecule has 3 nitrogen and oxygen atoms in total. The molecule has 0 spiro atoms. The van der Waals surface area contributed by atoms with Gasteiger partial charge in [-0.15, -0.1) is 0 Å². The second-order valence-electron chi connectivity index (χ2n) is 5.54. The van der Waals surface area contributed by atoms with Crippen molar-refractivity contribution >= 4 is 11.6 Å². The minimum Gasteiger partial charge on any atom is -0.326 e. The average Bonchev–Trinajstić information content (AvgIpc) is 2.34. The molecule has 0 saturated heterocycles. The summed E-state index contributed by atoms with van der Waals surface area (Å²) < 4.78 is 0. The Morgan fingerprint density at radius 2 is 2.00 bits per heavy atom. The molecule has 1 atom stereocenters. The van der Waals surface area contributed by atoms with Crippen LogP contribution in [0.15, 0.2) is 18.2 Å². The number of anilines is 1. The number of aryl methyl sites for hydroxylation is 1. The van der Waals surface area contributed by atoms with Crippen LogP contribution >= 0.6 is 0 Å². The summed E-state index contributed by atoms with van der Waals surface area (Å²) in [7, 11) is 3.95. The number of benzene rings is 1. The van der Waals surface area contributed by atoms with Crippen molar-refractivity contribution in [2.45, 2.75) is 39.5 Å². The topological polar surface area (TPSA) is 32.3 Å². The van der Waals surface area contributed by atoms with Crippen LogP contribution in [0.5, 0.6) is 0 Å². The summed E-state index contributed by atoms with van der Waals surface area (Å²) in [6, 6.07) is 6.32. The molecule has 0 aromatic heterocycles. The molecule has 0 radical (unpaired) electrons. The summed E-state index contributed by atoms with van der Waals surface area (Å²) in [4.78, 5) is 13.9. The highest BCUT2D eigenvalue weighted by atomic mass is 16.1. The van der Waals surface area contributed by atoms with E-state index in [9.17, 15) is 4.79 Å². The maximum Gasteiger partial charge on any atom is 0.225 e. The first kappa shape index (κ1) is 15.7. The second kappa shape index (κ2) is 7.29. The largest absolute Gasteiger partial charge is 0.326 e. The van der Waals surface area contributed by atoms with Crippen LogP contribution in [0.2, 0.25) is 0 Å². The van der Waals surface area contributed by atoms with E-state index in [1.54, 1.807) is 0 Å². The molecule has 0 saturated carbocycles. The third kappa shape index (κ3) is 5.43. The fourth-order valence-corrected chi connectivity index (χ4v) is 1.95. The van der Waals surface area contributed by atoms with Crippen molar-refractivity contribution in [3.63, 3.8) is 0 Å². The van der Waals surface area contributed by atoms with Gasteiger partial charge in [0.1, 0.15) is 0 Å². The fraction of sp³-hybridized carbons (Fsp3) is 0.562. The minimum atomic E-state index is 0.0781. The summed E-state index contributed by atoms with van der Waals surface area (Å²) >= 11 is 0. The highest BCUT2D eigenvalue weighted by molar-refractivity contribution is 5.91. The number of carbonyl (C=O) groups excluding carboxylic acids is 1. The van der Waals surface area contributed by atoms with Crippen molar-refractivity contribution in [1.29, 1.82) is 0 Å². The minimum absolute atomic E-state index is 0.0781. The lowest BCUT2D eigenvalue weighted by Gasteiger charge is -2.14. The molecule has 0 aliphatic heterocycles. The molecule has 1 aromatic carbocycles. The summed E-state index contributed by atoms with van der Waals surface area (Å²) in [5.74, 6) is 0.603. The Bertz CT molecular complexity index is 427. The maximum atomic E-state index is 11.8. The summed E-state index contributed by atoms with van der Waals surface area (Å²) in [6.07, 6.45) is 1.64. The molecule has 3 heteroatoms. The van der Waals surface area contributed by atoms with Gasteiger partial charge in [0.05, 0.1) is 0 Å². The van der Waals surface area contributed by atoms with E-state index in [-0.39, 0.29) is 5.91 Å². The Labute approximate surface area is 117 Å². The first-order valence-electron chi connectivity index (χ1n) is 6.98. The van der Waals surface area contributed by atoms with Crippen LogP contribution in [0.3, 0.4) is 0 Å².